The van der Waals surface area contributed by atoms with Gasteiger partial charge < -0.3 is 9.84 Å². The summed E-state index contributed by atoms with van der Waals surface area (Å²) in [5, 5.41) is 12.7. The zero-order chi connectivity index (χ0) is 17.5. The number of nitrogens with one attached hydrogen (secondary N) is 1. The van der Waals surface area contributed by atoms with E-state index < -0.39 is 12.6 Å². The minimum atomic E-state index is -1.09. The molecule has 0 aliphatic heterocycles. The monoisotopic (exact) mass is 458 g/mol. The van der Waals surface area contributed by atoms with Gasteiger partial charge in [0.25, 0.3) is 5.91 Å². The van der Waals surface area contributed by atoms with Crippen molar-refractivity contribution in [3.05, 3.63) is 62.2 Å². The lowest BCUT2D eigenvalue weighted by molar-refractivity contribution is -0.139. The van der Waals surface area contributed by atoms with Crippen molar-refractivity contribution in [2.75, 3.05) is 6.61 Å². The number of aliphatic carboxylic acids is 1. The van der Waals surface area contributed by atoms with E-state index in [-0.39, 0.29) is 16.7 Å². The van der Waals surface area contributed by atoms with Crippen LogP contribution in [0.2, 0.25) is 5.02 Å². The van der Waals surface area contributed by atoms with E-state index in [9.17, 15) is 9.59 Å². The largest absolute Gasteiger partial charge is 0.480 e. The van der Waals surface area contributed by atoms with Crippen LogP contribution in [0.1, 0.15) is 15.9 Å². The molecule has 0 saturated carbocycles. The predicted molar refractivity (Wildman–Crippen MR) is 98.8 cm³/mol. The van der Waals surface area contributed by atoms with E-state index in [1.165, 1.54) is 12.3 Å². The molecular weight excluding hydrogens is 447 g/mol. The molecule has 0 aliphatic carbocycles. The lowest BCUT2D eigenvalue weighted by atomic mass is 10.2. The maximum absolute atomic E-state index is 11.9. The summed E-state index contributed by atoms with van der Waals surface area (Å²) in [6.45, 7) is -0.473. The number of ether oxygens (including phenoxy) is 1. The topological polar surface area (TPSA) is 88.0 Å². The second-order valence-corrected chi connectivity index (χ2v) is 6.23. The second kappa shape index (κ2) is 8.65. The van der Waals surface area contributed by atoms with E-state index in [2.05, 4.69) is 33.1 Å². The standard InChI is InChI=1S/C16H12ClIN2O4/c17-13-6-10(4-5-14(13)24-9-15(21)22)8-19-20-16(23)11-2-1-3-12(18)7-11/h1-8H,9H2,(H,20,23)(H,21,22)/b19-8-. The Kier molecular flexibility index (Phi) is 6.56. The molecule has 2 N–H and O–H groups in total. The maximum atomic E-state index is 11.9. The maximum Gasteiger partial charge on any atom is 0.341 e. The average Bonchev–Trinajstić information content (AvgIpc) is 2.53. The van der Waals surface area contributed by atoms with Crippen molar-refractivity contribution in [1.82, 2.24) is 5.43 Å². The van der Waals surface area contributed by atoms with Crippen molar-refractivity contribution in [2.24, 2.45) is 5.10 Å². The van der Waals surface area contributed by atoms with Gasteiger partial charge in [-0.25, -0.2) is 10.2 Å². The molecule has 1 amide bonds. The first kappa shape index (κ1) is 18.2. The fourth-order valence-corrected chi connectivity index (χ4v) is 2.50. The van der Waals surface area contributed by atoms with Crippen molar-refractivity contribution in [3.63, 3.8) is 0 Å². The lowest BCUT2D eigenvalue weighted by Gasteiger charge is -2.06. The van der Waals surface area contributed by atoms with Crippen LogP contribution < -0.4 is 10.2 Å². The zero-order valence-electron chi connectivity index (χ0n) is 12.2. The highest BCUT2D eigenvalue weighted by Gasteiger charge is 2.06. The molecule has 0 unspecified atom stereocenters. The molecule has 6 nitrogen and oxygen atoms in total. The lowest BCUT2D eigenvalue weighted by Crippen LogP contribution is -2.17. The highest BCUT2D eigenvalue weighted by molar-refractivity contribution is 14.1. The van der Waals surface area contributed by atoms with Crippen LogP contribution in [-0.4, -0.2) is 29.8 Å². The molecule has 0 atom stereocenters. The minimum Gasteiger partial charge on any atom is -0.480 e. The molecule has 0 heterocycles. The Morgan fingerprint density at radius 3 is 2.75 bits per heavy atom. The number of carbonyl (C=O) groups is 2. The van der Waals surface area contributed by atoms with Gasteiger partial charge in [-0.3, -0.25) is 4.79 Å². The second-order valence-electron chi connectivity index (χ2n) is 4.58. The summed E-state index contributed by atoms with van der Waals surface area (Å²) in [6.07, 6.45) is 1.43. The van der Waals surface area contributed by atoms with Gasteiger partial charge in [0.1, 0.15) is 5.75 Å². The van der Waals surface area contributed by atoms with Crippen molar-refractivity contribution >= 4 is 52.3 Å². The summed E-state index contributed by atoms with van der Waals surface area (Å²) in [5.74, 6) is -1.15. The molecular formula is C16H12ClIN2O4. The summed E-state index contributed by atoms with van der Waals surface area (Å²) in [6, 6.07) is 11.8. The van der Waals surface area contributed by atoms with Crippen LogP contribution in [0.4, 0.5) is 0 Å². The van der Waals surface area contributed by atoms with Crippen LogP contribution in [0.3, 0.4) is 0 Å². The molecule has 0 bridgehead atoms. The van der Waals surface area contributed by atoms with Crippen LogP contribution >= 0.6 is 34.2 Å². The van der Waals surface area contributed by atoms with Gasteiger partial charge in [-0.2, -0.15) is 5.10 Å². The molecule has 124 valence electrons. The molecule has 2 aromatic rings. The molecule has 2 aromatic carbocycles. The highest BCUT2D eigenvalue weighted by atomic mass is 127. The number of amides is 1. The number of rotatable bonds is 6. The zero-order valence-corrected chi connectivity index (χ0v) is 15.1. The Balaban J connectivity index is 1.98. The van der Waals surface area contributed by atoms with E-state index in [0.717, 1.165) is 3.57 Å². The molecule has 0 radical (unpaired) electrons. The third-order valence-electron chi connectivity index (χ3n) is 2.77. The Bertz CT molecular complexity index is 795. The van der Waals surface area contributed by atoms with Crippen LogP contribution in [0.5, 0.6) is 5.75 Å². The van der Waals surface area contributed by atoms with Gasteiger partial charge in [0.05, 0.1) is 11.2 Å². The molecule has 2 rings (SSSR count). The smallest absolute Gasteiger partial charge is 0.341 e. The first-order valence-corrected chi connectivity index (χ1v) is 8.14. The molecule has 24 heavy (non-hydrogen) atoms. The third kappa shape index (κ3) is 5.50. The van der Waals surface area contributed by atoms with Crippen LogP contribution in [-0.2, 0) is 4.79 Å². The van der Waals surface area contributed by atoms with Crippen molar-refractivity contribution < 1.29 is 19.4 Å². The van der Waals surface area contributed by atoms with Gasteiger partial charge in [-0.1, -0.05) is 17.7 Å². The molecule has 0 aliphatic rings. The number of hydrazone groups is 1. The Labute approximate surface area is 156 Å². The van der Waals surface area contributed by atoms with Gasteiger partial charge in [-0.05, 0) is 64.6 Å². The van der Waals surface area contributed by atoms with Crippen molar-refractivity contribution in [1.29, 1.82) is 0 Å². The number of hydrogen-bond donors (Lipinski definition) is 2. The highest BCUT2D eigenvalue weighted by Crippen LogP contribution is 2.24. The molecule has 0 saturated heterocycles. The van der Waals surface area contributed by atoms with Gasteiger partial charge >= 0.3 is 5.97 Å². The number of carbonyl (C=O) groups excluding carboxylic acids is 1. The van der Waals surface area contributed by atoms with Crippen LogP contribution in [0.15, 0.2) is 47.6 Å². The van der Waals surface area contributed by atoms with Crippen molar-refractivity contribution in [3.8, 4) is 5.75 Å². The van der Waals surface area contributed by atoms with Crippen LogP contribution in [0.25, 0.3) is 0 Å². The van der Waals surface area contributed by atoms with E-state index in [0.29, 0.717) is 11.1 Å². The van der Waals surface area contributed by atoms with E-state index in [1.54, 1.807) is 30.3 Å². The fraction of sp³-hybridized carbons (Fsp3) is 0.0625. The number of hydrogen-bond acceptors (Lipinski definition) is 4. The first-order valence-electron chi connectivity index (χ1n) is 6.69. The Morgan fingerprint density at radius 1 is 1.29 bits per heavy atom. The van der Waals surface area contributed by atoms with Gasteiger partial charge in [0.2, 0.25) is 0 Å². The molecule has 0 aromatic heterocycles. The normalized spacial score (nSPS) is 10.6. The van der Waals surface area contributed by atoms with E-state index >= 15 is 0 Å². The summed E-state index contributed by atoms with van der Waals surface area (Å²) in [7, 11) is 0. The van der Waals surface area contributed by atoms with Crippen molar-refractivity contribution in [2.45, 2.75) is 0 Å². The van der Waals surface area contributed by atoms with Gasteiger partial charge in [0, 0.05) is 9.13 Å². The summed E-state index contributed by atoms with van der Waals surface area (Å²) < 4.78 is 5.97. The van der Waals surface area contributed by atoms with Crippen LogP contribution in [0, 0.1) is 3.57 Å². The first-order chi connectivity index (χ1) is 11.5. The van der Waals surface area contributed by atoms with E-state index in [4.69, 9.17) is 21.4 Å². The summed E-state index contributed by atoms with van der Waals surface area (Å²) in [5.41, 5.74) is 3.56. The number of halogens is 2. The Morgan fingerprint density at radius 2 is 2.08 bits per heavy atom. The fourth-order valence-electron chi connectivity index (χ4n) is 1.71. The number of carboxylic acid groups (broad SMARTS) is 1. The number of nitrogens with zero attached hydrogens (tertiary/aromatic N) is 1. The average molecular weight is 459 g/mol. The SMILES string of the molecule is O=C(O)COc1ccc(/C=N\NC(=O)c2cccc(I)c2)cc1Cl. The molecule has 0 spiro atoms. The summed E-state index contributed by atoms with van der Waals surface area (Å²) >= 11 is 8.12. The van der Waals surface area contributed by atoms with E-state index in [1.807, 2.05) is 6.07 Å². The van der Waals surface area contributed by atoms with Gasteiger partial charge in [0.15, 0.2) is 6.61 Å². The number of carboxylic acids is 1. The predicted octanol–water partition coefficient (Wildman–Crippen LogP) is 3.17. The number of benzene rings is 2. The minimum absolute atomic E-state index is 0.254. The third-order valence-corrected chi connectivity index (χ3v) is 3.74. The molecule has 8 heteroatoms. The summed E-state index contributed by atoms with van der Waals surface area (Å²) in [4.78, 5) is 22.4. The molecule has 0 fully saturated rings. The van der Waals surface area contributed by atoms with Gasteiger partial charge in [-0.15, -0.1) is 0 Å². The Hall–Kier alpha value is -2.13. The quantitative estimate of drug-likeness (QED) is 0.395.